The highest BCUT2D eigenvalue weighted by Crippen LogP contribution is 2.12. The molecule has 1 aromatic heterocycles. The lowest BCUT2D eigenvalue weighted by atomic mass is 10.1. The maximum absolute atomic E-state index is 12.3. The molecule has 0 amide bonds. The van der Waals surface area contributed by atoms with E-state index < -0.39 is 0 Å². The van der Waals surface area contributed by atoms with Crippen LogP contribution in [0.2, 0.25) is 0 Å². The quantitative estimate of drug-likeness (QED) is 0.734. The summed E-state index contributed by atoms with van der Waals surface area (Å²) in [5.74, 6) is 0. The van der Waals surface area contributed by atoms with Gasteiger partial charge in [0.05, 0.1) is 6.61 Å². The lowest BCUT2D eigenvalue weighted by Crippen LogP contribution is -2.12. The number of benzene rings is 1. The number of nitrogens with one attached hydrogen (secondary N) is 1. The molecule has 0 saturated heterocycles. The number of aromatic nitrogens is 1. The van der Waals surface area contributed by atoms with Crippen molar-refractivity contribution in [1.82, 2.24) is 4.98 Å². The van der Waals surface area contributed by atoms with Gasteiger partial charge in [0.1, 0.15) is 0 Å². The van der Waals surface area contributed by atoms with Crippen molar-refractivity contribution in [2.75, 3.05) is 6.61 Å². The molecule has 0 spiro atoms. The molecule has 0 bridgehead atoms. The summed E-state index contributed by atoms with van der Waals surface area (Å²) in [6.45, 7) is 5.33. The van der Waals surface area contributed by atoms with E-state index in [4.69, 9.17) is 4.74 Å². The molecule has 2 rings (SSSR count). The number of ether oxygens (including phenoxy) is 1. The zero-order valence-electron chi connectivity index (χ0n) is 13.1. The van der Waals surface area contributed by atoms with Crippen molar-refractivity contribution in [3.05, 3.63) is 45.7 Å². The Kier molecular flexibility index (Phi) is 6.00. The fraction of sp³-hybridized carbons (Fsp3) is 0.500. The van der Waals surface area contributed by atoms with Crippen LogP contribution in [0.25, 0.3) is 10.9 Å². The molecule has 2 aromatic rings. The van der Waals surface area contributed by atoms with Gasteiger partial charge in [-0.05, 0) is 25.5 Å². The first-order chi connectivity index (χ1) is 10.2. The van der Waals surface area contributed by atoms with Gasteiger partial charge in [-0.15, -0.1) is 0 Å². The van der Waals surface area contributed by atoms with E-state index in [0.29, 0.717) is 6.61 Å². The number of rotatable bonds is 8. The van der Waals surface area contributed by atoms with Gasteiger partial charge >= 0.3 is 0 Å². The fourth-order valence-corrected chi connectivity index (χ4v) is 2.51. The van der Waals surface area contributed by atoms with Crippen LogP contribution in [0.15, 0.2) is 29.1 Å². The Morgan fingerprint density at radius 3 is 2.67 bits per heavy atom. The first-order valence-corrected chi connectivity index (χ1v) is 7.92. The number of fused-ring (bicyclic) bond motifs is 1. The van der Waals surface area contributed by atoms with Crippen LogP contribution in [-0.2, 0) is 11.3 Å². The van der Waals surface area contributed by atoms with E-state index in [0.717, 1.165) is 35.2 Å². The lowest BCUT2D eigenvalue weighted by molar-refractivity contribution is 0.114. The van der Waals surface area contributed by atoms with Gasteiger partial charge < -0.3 is 9.72 Å². The largest absolute Gasteiger partial charge is 0.375 e. The molecule has 0 aliphatic carbocycles. The van der Waals surface area contributed by atoms with Gasteiger partial charge in [-0.3, -0.25) is 4.79 Å². The summed E-state index contributed by atoms with van der Waals surface area (Å²) < 4.78 is 5.71. The van der Waals surface area contributed by atoms with Crippen molar-refractivity contribution in [3.63, 3.8) is 0 Å². The van der Waals surface area contributed by atoms with Crippen LogP contribution < -0.4 is 5.43 Å². The summed E-state index contributed by atoms with van der Waals surface area (Å²) in [7, 11) is 0. The van der Waals surface area contributed by atoms with Crippen LogP contribution in [0.4, 0.5) is 0 Å². The standard InChI is InChI=1S/C18H25NO2/c1-3-4-5-6-9-12-21-13-17-14(2)18(20)15-10-7-8-11-16(15)19-17/h7-8,10-11H,3-6,9,12-13H2,1-2H3,(H,19,20). The summed E-state index contributed by atoms with van der Waals surface area (Å²) in [6, 6.07) is 7.62. The third-order valence-electron chi connectivity index (χ3n) is 3.89. The highest BCUT2D eigenvalue weighted by molar-refractivity contribution is 5.79. The zero-order valence-corrected chi connectivity index (χ0v) is 13.1. The molecule has 1 heterocycles. The van der Waals surface area contributed by atoms with Crippen LogP contribution in [0.1, 0.15) is 50.3 Å². The Labute approximate surface area is 126 Å². The van der Waals surface area contributed by atoms with Crippen molar-refractivity contribution >= 4 is 10.9 Å². The van der Waals surface area contributed by atoms with Gasteiger partial charge in [-0.2, -0.15) is 0 Å². The smallest absolute Gasteiger partial charge is 0.192 e. The van der Waals surface area contributed by atoms with Gasteiger partial charge in [0.25, 0.3) is 0 Å². The van der Waals surface area contributed by atoms with Gasteiger partial charge in [0.15, 0.2) is 5.43 Å². The molecule has 1 N–H and O–H groups in total. The molecule has 0 saturated carbocycles. The predicted octanol–water partition coefficient (Wildman–Crippen LogP) is 4.32. The van der Waals surface area contributed by atoms with Crippen molar-refractivity contribution in [1.29, 1.82) is 0 Å². The van der Waals surface area contributed by atoms with Crippen molar-refractivity contribution in [2.45, 2.75) is 52.6 Å². The maximum Gasteiger partial charge on any atom is 0.192 e. The maximum atomic E-state index is 12.3. The van der Waals surface area contributed by atoms with Gasteiger partial charge in [-0.25, -0.2) is 0 Å². The topological polar surface area (TPSA) is 42.1 Å². The van der Waals surface area contributed by atoms with Crippen LogP contribution in [0, 0.1) is 6.92 Å². The molecule has 0 aliphatic heterocycles. The number of para-hydroxylation sites is 1. The van der Waals surface area contributed by atoms with Crippen LogP contribution in [-0.4, -0.2) is 11.6 Å². The number of unbranched alkanes of at least 4 members (excludes halogenated alkanes) is 4. The molecular formula is C18H25NO2. The van der Waals surface area contributed by atoms with E-state index in [1.165, 1.54) is 25.7 Å². The minimum atomic E-state index is 0.103. The molecule has 1 aromatic carbocycles. The average molecular weight is 287 g/mol. The molecule has 114 valence electrons. The third kappa shape index (κ3) is 4.18. The number of H-pyrrole nitrogens is 1. The average Bonchev–Trinajstić information content (AvgIpc) is 2.51. The van der Waals surface area contributed by atoms with Crippen LogP contribution in [0.3, 0.4) is 0 Å². The molecule has 0 fully saturated rings. The molecule has 0 aliphatic rings. The Hall–Kier alpha value is -1.61. The predicted molar refractivity (Wildman–Crippen MR) is 87.7 cm³/mol. The van der Waals surface area contributed by atoms with E-state index in [2.05, 4.69) is 11.9 Å². The second kappa shape index (κ2) is 7.99. The molecule has 3 heteroatoms. The number of hydrogen-bond acceptors (Lipinski definition) is 2. The van der Waals surface area contributed by atoms with Crippen LogP contribution >= 0.6 is 0 Å². The fourth-order valence-electron chi connectivity index (χ4n) is 2.51. The Bertz CT molecular complexity index is 631. The van der Waals surface area contributed by atoms with E-state index in [1.54, 1.807) is 0 Å². The first-order valence-electron chi connectivity index (χ1n) is 7.92. The molecule has 0 radical (unpaired) electrons. The summed E-state index contributed by atoms with van der Waals surface area (Å²) >= 11 is 0. The highest BCUT2D eigenvalue weighted by atomic mass is 16.5. The number of aromatic amines is 1. The summed E-state index contributed by atoms with van der Waals surface area (Å²) in [4.78, 5) is 15.6. The Morgan fingerprint density at radius 1 is 1.10 bits per heavy atom. The molecule has 3 nitrogen and oxygen atoms in total. The number of pyridine rings is 1. The SMILES string of the molecule is CCCCCCCOCc1[nH]c2ccccc2c(=O)c1C. The summed E-state index contributed by atoms with van der Waals surface area (Å²) in [5, 5.41) is 0.748. The highest BCUT2D eigenvalue weighted by Gasteiger charge is 2.07. The normalized spacial score (nSPS) is 11.1. The third-order valence-corrected chi connectivity index (χ3v) is 3.89. The molecule has 0 unspecified atom stereocenters. The second-order valence-electron chi connectivity index (χ2n) is 5.57. The minimum absolute atomic E-state index is 0.103. The molecule has 0 atom stereocenters. The Balaban J connectivity index is 1.93. The zero-order chi connectivity index (χ0) is 15.1. The van der Waals surface area contributed by atoms with Crippen molar-refractivity contribution in [3.8, 4) is 0 Å². The number of hydrogen-bond donors (Lipinski definition) is 1. The van der Waals surface area contributed by atoms with Gasteiger partial charge in [0, 0.05) is 28.8 Å². The van der Waals surface area contributed by atoms with E-state index in [9.17, 15) is 4.79 Å². The second-order valence-corrected chi connectivity index (χ2v) is 5.57. The van der Waals surface area contributed by atoms with Crippen LogP contribution in [0.5, 0.6) is 0 Å². The van der Waals surface area contributed by atoms with Crippen molar-refractivity contribution in [2.24, 2.45) is 0 Å². The van der Waals surface area contributed by atoms with E-state index in [1.807, 2.05) is 31.2 Å². The summed E-state index contributed by atoms with van der Waals surface area (Å²) in [6.07, 6.45) is 6.17. The van der Waals surface area contributed by atoms with E-state index in [-0.39, 0.29) is 5.43 Å². The lowest BCUT2D eigenvalue weighted by Gasteiger charge is -2.09. The molecular weight excluding hydrogens is 262 g/mol. The van der Waals surface area contributed by atoms with Gasteiger partial charge in [0.2, 0.25) is 0 Å². The monoisotopic (exact) mass is 287 g/mol. The van der Waals surface area contributed by atoms with E-state index >= 15 is 0 Å². The minimum Gasteiger partial charge on any atom is -0.375 e. The molecule has 21 heavy (non-hydrogen) atoms. The first kappa shape index (κ1) is 15.8. The summed E-state index contributed by atoms with van der Waals surface area (Å²) in [5.41, 5.74) is 2.65. The van der Waals surface area contributed by atoms with Gasteiger partial charge in [-0.1, -0.05) is 44.7 Å². The Morgan fingerprint density at radius 2 is 1.86 bits per heavy atom. The van der Waals surface area contributed by atoms with Crippen molar-refractivity contribution < 1.29 is 4.74 Å².